The van der Waals surface area contributed by atoms with E-state index < -0.39 is 5.91 Å². The largest absolute Gasteiger partial charge is 0.379 e. The number of nitrogens with zero attached hydrogens (tertiary/aromatic N) is 4. The van der Waals surface area contributed by atoms with E-state index in [1.54, 1.807) is 17.6 Å². The summed E-state index contributed by atoms with van der Waals surface area (Å²) in [6.45, 7) is 5.47. The van der Waals surface area contributed by atoms with Crippen molar-refractivity contribution in [1.82, 2.24) is 15.4 Å². The Morgan fingerprint density at radius 1 is 1.15 bits per heavy atom. The highest BCUT2D eigenvalue weighted by Gasteiger charge is 2.30. The number of aliphatic imine (C=N–C) groups is 1. The standard InChI is InChI=1S/C26H29N5O3/c32-26(29-33)20-10-8-19(9-11-20)24-21-5-3-12-27-25(21)31(23-7-2-1-6-22(23)28-24)14-4-13-30-15-17-34-18-16-30/h1-3,5,7-12,22,33H,4,6,13-18H2,(H,29,32). The number of anilines is 1. The van der Waals surface area contributed by atoms with E-state index in [9.17, 15) is 4.79 Å². The fourth-order valence-electron chi connectivity index (χ4n) is 4.73. The molecule has 1 saturated heterocycles. The maximum absolute atomic E-state index is 11.8. The first-order valence-corrected chi connectivity index (χ1v) is 11.8. The van der Waals surface area contributed by atoms with E-state index in [1.165, 1.54) is 0 Å². The van der Waals surface area contributed by atoms with E-state index in [4.69, 9.17) is 19.9 Å². The molecule has 1 atom stereocenters. The number of rotatable bonds is 6. The molecule has 1 aliphatic carbocycles. The van der Waals surface area contributed by atoms with E-state index in [-0.39, 0.29) is 6.04 Å². The zero-order valence-electron chi connectivity index (χ0n) is 19.1. The average molecular weight is 460 g/mol. The highest BCUT2D eigenvalue weighted by molar-refractivity contribution is 6.16. The van der Waals surface area contributed by atoms with Crippen molar-refractivity contribution in [1.29, 1.82) is 0 Å². The van der Waals surface area contributed by atoms with Gasteiger partial charge in [-0.05, 0) is 43.2 Å². The number of benzene rings is 1. The number of carbonyl (C=O) groups is 1. The van der Waals surface area contributed by atoms with Gasteiger partial charge >= 0.3 is 0 Å². The summed E-state index contributed by atoms with van der Waals surface area (Å²) < 4.78 is 5.48. The number of allylic oxidation sites excluding steroid dienone is 2. The Kier molecular flexibility index (Phi) is 6.80. The summed E-state index contributed by atoms with van der Waals surface area (Å²) in [7, 11) is 0. The van der Waals surface area contributed by atoms with Crippen LogP contribution in [0.15, 0.2) is 71.5 Å². The molecule has 3 heterocycles. The van der Waals surface area contributed by atoms with Crippen LogP contribution >= 0.6 is 0 Å². The van der Waals surface area contributed by atoms with Crippen molar-refractivity contribution in [3.63, 3.8) is 0 Å². The van der Waals surface area contributed by atoms with Crippen LogP contribution in [0.1, 0.15) is 34.3 Å². The molecule has 2 N–H and O–H groups in total. The van der Waals surface area contributed by atoms with Gasteiger partial charge in [0.2, 0.25) is 0 Å². The summed E-state index contributed by atoms with van der Waals surface area (Å²) in [6.07, 6.45) is 10.1. The van der Waals surface area contributed by atoms with Gasteiger partial charge < -0.3 is 9.64 Å². The van der Waals surface area contributed by atoms with Gasteiger partial charge in [-0.25, -0.2) is 10.5 Å². The van der Waals surface area contributed by atoms with E-state index in [0.29, 0.717) is 5.56 Å². The van der Waals surface area contributed by atoms with Crippen molar-refractivity contribution in [2.75, 3.05) is 44.3 Å². The maximum Gasteiger partial charge on any atom is 0.274 e. The van der Waals surface area contributed by atoms with Crippen molar-refractivity contribution in [2.24, 2.45) is 4.99 Å². The fraction of sp³-hybridized carbons (Fsp3) is 0.346. The number of amides is 1. The van der Waals surface area contributed by atoms with Crippen LogP contribution in [0.25, 0.3) is 0 Å². The van der Waals surface area contributed by atoms with Gasteiger partial charge in [-0.3, -0.25) is 19.9 Å². The summed E-state index contributed by atoms with van der Waals surface area (Å²) in [5.74, 6) is 0.370. The summed E-state index contributed by atoms with van der Waals surface area (Å²) in [4.78, 5) is 26.5. The smallest absolute Gasteiger partial charge is 0.274 e. The molecule has 1 aromatic heterocycles. The highest BCUT2D eigenvalue weighted by atomic mass is 16.5. The molecule has 0 bridgehead atoms. The molecule has 1 unspecified atom stereocenters. The number of hydrogen-bond acceptors (Lipinski definition) is 7. The second kappa shape index (κ2) is 10.3. The molecule has 2 aromatic rings. The number of morpholine rings is 1. The number of aromatic nitrogens is 1. The number of hydrogen-bond donors (Lipinski definition) is 2. The van der Waals surface area contributed by atoms with Gasteiger partial charge in [-0.2, -0.15) is 0 Å². The van der Waals surface area contributed by atoms with Crippen LogP contribution in [0.4, 0.5) is 5.82 Å². The molecule has 8 nitrogen and oxygen atoms in total. The normalized spacial score (nSPS) is 20.0. The average Bonchev–Trinajstić information content (AvgIpc) is 3.04. The Morgan fingerprint density at radius 2 is 1.97 bits per heavy atom. The Hall–Kier alpha value is -3.33. The molecule has 3 aliphatic rings. The van der Waals surface area contributed by atoms with Gasteiger partial charge in [-0.1, -0.05) is 24.3 Å². The van der Waals surface area contributed by atoms with Crippen LogP contribution in [0.3, 0.4) is 0 Å². The highest BCUT2D eigenvalue weighted by Crippen LogP contribution is 2.33. The van der Waals surface area contributed by atoms with Crippen molar-refractivity contribution in [3.8, 4) is 0 Å². The molecule has 2 aliphatic heterocycles. The summed E-state index contributed by atoms with van der Waals surface area (Å²) in [5.41, 5.74) is 5.98. The molecular weight excluding hydrogens is 430 g/mol. The number of ether oxygens (including phenoxy) is 1. The third kappa shape index (κ3) is 4.65. The fourth-order valence-corrected chi connectivity index (χ4v) is 4.73. The second-order valence-corrected chi connectivity index (χ2v) is 8.60. The molecule has 34 heavy (non-hydrogen) atoms. The number of fused-ring (bicyclic) bond motifs is 2. The third-order valence-corrected chi connectivity index (χ3v) is 6.48. The van der Waals surface area contributed by atoms with E-state index in [1.807, 2.05) is 24.4 Å². The molecule has 8 heteroatoms. The molecule has 1 amide bonds. The Balaban J connectivity index is 1.47. The van der Waals surface area contributed by atoms with Gasteiger partial charge in [0.1, 0.15) is 5.82 Å². The number of hydroxylamine groups is 1. The predicted molar refractivity (Wildman–Crippen MR) is 130 cm³/mol. The Bertz CT molecular complexity index is 1120. The Labute approximate surface area is 199 Å². The SMILES string of the molecule is O=C(NO)c1ccc(C2=NC3CC=CC=C3N(CCCN3CCOCC3)c3ncccc32)cc1. The Morgan fingerprint density at radius 3 is 2.76 bits per heavy atom. The minimum absolute atomic E-state index is 0.00185. The zero-order valence-corrected chi connectivity index (χ0v) is 19.1. The molecule has 0 saturated carbocycles. The first-order chi connectivity index (χ1) is 16.7. The lowest BCUT2D eigenvalue weighted by Crippen LogP contribution is -2.38. The van der Waals surface area contributed by atoms with Crippen molar-refractivity contribution < 1.29 is 14.7 Å². The number of nitrogens with one attached hydrogen (secondary N) is 1. The zero-order chi connectivity index (χ0) is 23.3. The third-order valence-electron chi connectivity index (χ3n) is 6.48. The van der Waals surface area contributed by atoms with Crippen LogP contribution in [-0.4, -0.2) is 72.1 Å². The minimum Gasteiger partial charge on any atom is -0.379 e. The second-order valence-electron chi connectivity index (χ2n) is 8.60. The van der Waals surface area contributed by atoms with Crippen molar-refractivity contribution in [2.45, 2.75) is 18.9 Å². The van der Waals surface area contributed by atoms with E-state index >= 15 is 0 Å². The number of carbonyl (C=O) groups excluding carboxylic acids is 1. The monoisotopic (exact) mass is 459 g/mol. The first kappa shape index (κ1) is 22.5. The lowest BCUT2D eigenvalue weighted by molar-refractivity contribution is 0.0377. The van der Waals surface area contributed by atoms with E-state index in [2.05, 4.69) is 34.1 Å². The van der Waals surface area contributed by atoms with Crippen LogP contribution in [0.2, 0.25) is 0 Å². The van der Waals surface area contributed by atoms with Gasteiger partial charge in [0.05, 0.1) is 25.0 Å². The van der Waals surface area contributed by atoms with Crippen LogP contribution < -0.4 is 10.4 Å². The minimum atomic E-state index is -0.537. The molecular formula is C26H29N5O3. The van der Waals surface area contributed by atoms with E-state index in [0.717, 1.165) is 80.6 Å². The quantitative estimate of drug-likeness (QED) is 0.510. The topological polar surface area (TPSA) is 90.3 Å². The maximum atomic E-state index is 11.8. The predicted octanol–water partition coefficient (Wildman–Crippen LogP) is 2.79. The van der Waals surface area contributed by atoms with Crippen molar-refractivity contribution >= 4 is 17.4 Å². The number of pyridine rings is 1. The van der Waals surface area contributed by atoms with Gasteiger partial charge in [-0.15, -0.1) is 0 Å². The molecule has 176 valence electrons. The van der Waals surface area contributed by atoms with Crippen LogP contribution in [0, 0.1) is 0 Å². The lowest BCUT2D eigenvalue weighted by Gasteiger charge is -2.32. The van der Waals surface area contributed by atoms with Crippen molar-refractivity contribution in [3.05, 3.63) is 83.2 Å². The molecule has 1 fully saturated rings. The summed E-state index contributed by atoms with van der Waals surface area (Å²) in [6, 6.07) is 11.1. The van der Waals surface area contributed by atoms with Gasteiger partial charge in [0.25, 0.3) is 5.91 Å². The summed E-state index contributed by atoms with van der Waals surface area (Å²) >= 11 is 0. The first-order valence-electron chi connectivity index (χ1n) is 11.8. The van der Waals surface area contributed by atoms with Gasteiger partial charge in [0.15, 0.2) is 0 Å². The molecule has 1 aromatic carbocycles. The van der Waals surface area contributed by atoms with Crippen LogP contribution in [-0.2, 0) is 4.74 Å². The van der Waals surface area contributed by atoms with Crippen LogP contribution in [0.5, 0.6) is 0 Å². The molecule has 0 spiro atoms. The molecule has 0 radical (unpaired) electrons. The van der Waals surface area contributed by atoms with Gasteiger partial charge in [0, 0.05) is 54.8 Å². The summed E-state index contributed by atoms with van der Waals surface area (Å²) in [5, 5.41) is 8.93. The lowest BCUT2D eigenvalue weighted by atomic mass is 10.0. The molecule has 5 rings (SSSR count).